The predicted octanol–water partition coefficient (Wildman–Crippen LogP) is 4.21. The molecule has 174 valence electrons. The average molecular weight is 429 g/mol. The molecule has 1 spiro atoms. The molecule has 3 aliphatic rings. The molecule has 1 saturated heterocycles. The van der Waals surface area contributed by atoms with Crippen molar-refractivity contribution in [2.24, 2.45) is 10.8 Å². The number of esters is 2. The van der Waals surface area contributed by atoms with Crippen LogP contribution in [0.25, 0.3) is 0 Å². The fourth-order valence-corrected chi connectivity index (χ4v) is 4.07. The lowest BCUT2D eigenvalue weighted by atomic mass is 9.73. The highest BCUT2D eigenvalue weighted by atomic mass is 16.7. The zero-order valence-electron chi connectivity index (χ0n) is 18.3. The van der Waals surface area contributed by atoms with Gasteiger partial charge >= 0.3 is 11.9 Å². The fourth-order valence-electron chi connectivity index (χ4n) is 4.07. The van der Waals surface area contributed by atoms with E-state index in [4.69, 9.17) is 18.9 Å². The van der Waals surface area contributed by atoms with Crippen LogP contribution >= 0.6 is 0 Å². The third-order valence-corrected chi connectivity index (χ3v) is 6.38. The van der Waals surface area contributed by atoms with Crippen LogP contribution in [0.4, 0.5) is 0 Å². The normalized spacial score (nSPS) is 23.5. The summed E-state index contributed by atoms with van der Waals surface area (Å²) >= 11 is 0. The minimum Gasteiger partial charge on any atom is -0.466 e. The Morgan fingerprint density at radius 3 is 1.60 bits per heavy atom. The highest BCUT2D eigenvalue weighted by Gasteiger charge is 2.48. The zero-order valence-corrected chi connectivity index (χ0v) is 18.3. The summed E-state index contributed by atoms with van der Waals surface area (Å²) in [6.45, 7) is 9.73. The first-order valence-electron chi connectivity index (χ1n) is 10.8. The number of ether oxygens (including phenoxy) is 4. The van der Waals surface area contributed by atoms with Crippen LogP contribution in [-0.2, 0) is 33.3 Å². The van der Waals surface area contributed by atoms with Crippen molar-refractivity contribution in [3.8, 4) is 0 Å². The van der Waals surface area contributed by atoms with Crippen molar-refractivity contribution in [2.75, 3.05) is 26.4 Å². The first kappa shape index (κ1) is 26.6. The van der Waals surface area contributed by atoms with E-state index in [-0.39, 0.29) is 30.6 Å². The van der Waals surface area contributed by atoms with Gasteiger partial charge in [-0.25, -0.2) is 0 Å². The van der Waals surface area contributed by atoms with Gasteiger partial charge in [0.2, 0.25) is 0 Å². The second-order valence-corrected chi connectivity index (χ2v) is 8.71. The van der Waals surface area contributed by atoms with E-state index >= 15 is 0 Å². The van der Waals surface area contributed by atoms with Crippen LogP contribution in [0.15, 0.2) is 0 Å². The molecule has 0 bridgehead atoms. The highest BCUT2D eigenvalue weighted by Crippen LogP contribution is 2.45. The lowest BCUT2D eigenvalue weighted by molar-refractivity contribution is -0.197. The van der Waals surface area contributed by atoms with Crippen LogP contribution in [0.5, 0.6) is 0 Å². The molecule has 0 unspecified atom stereocenters. The molecule has 7 heteroatoms. The summed E-state index contributed by atoms with van der Waals surface area (Å²) in [6, 6.07) is 0. The number of hydrogen-bond acceptors (Lipinski definition) is 7. The maximum Gasteiger partial charge on any atom is 0.311 e. The monoisotopic (exact) mass is 428 g/mol. The summed E-state index contributed by atoms with van der Waals surface area (Å²) in [6.07, 6.45) is 5.49. The maximum absolute atomic E-state index is 11.8. The van der Waals surface area contributed by atoms with E-state index in [9.17, 15) is 14.4 Å². The Kier molecular flexibility index (Phi) is 9.95. The third-order valence-electron chi connectivity index (χ3n) is 6.38. The standard InChI is InChI=1S/C12H20O4.C10H16O3.CH4/c1-3-14-10(13)11(2)4-6-12(7-5-11)15-8-9-16-12;1-3-13-9(12)10(2)6-4-8(11)5-7-10;/h3-9H2,1-2H3;3-7H2,1-2H3;1H4. The Morgan fingerprint density at radius 2 is 1.20 bits per heavy atom. The molecule has 0 radical (unpaired) electrons. The van der Waals surface area contributed by atoms with E-state index in [1.54, 1.807) is 6.92 Å². The van der Waals surface area contributed by atoms with Gasteiger partial charge in [0.05, 0.1) is 37.3 Å². The molecule has 30 heavy (non-hydrogen) atoms. The minimum absolute atomic E-state index is 0. The smallest absolute Gasteiger partial charge is 0.311 e. The lowest BCUT2D eigenvalue weighted by Crippen LogP contribution is -2.42. The third kappa shape index (κ3) is 6.51. The van der Waals surface area contributed by atoms with Gasteiger partial charge < -0.3 is 18.9 Å². The van der Waals surface area contributed by atoms with Crippen LogP contribution < -0.4 is 0 Å². The summed E-state index contributed by atoms with van der Waals surface area (Å²) in [5.74, 6) is -0.362. The van der Waals surface area contributed by atoms with Crippen molar-refractivity contribution >= 4 is 17.7 Å². The van der Waals surface area contributed by atoms with Gasteiger partial charge in [0.25, 0.3) is 0 Å². The summed E-state index contributed by atoms with van der Waals surface area (Å²) in [7, 11) is 0. The van der Waals surface area contributed by atoms with Crippen molar-refractivity contribution < 1.29 is 33.3 Å². The topological polar surface area (TPSA) is 88.1 Å². The van der Waals surface area contributed by atoms with Crippen molar-refractivity contribution in [2.45, 2.75) is 92.3 Å². The molecule has 2 aliphatic carbocycles. The molecule has 3 fully saturated rings. The van der Waals surface area contributed by atoms with E-state index in [2.05, 4.69) is 0 Å². The van der Waals surface area contributed by atoms with Gasteiger partial charge in [-0.05, 0) is 53.4 Å². The highest BCUT2D eigenvalue weighted by molar-refractivity contribution is 5.84. The molecule has 7 nitrogen and oxygen atoms in total. The molecule has 0 amide bonds. The van der Waals surface area contributed by atoms with E-state index in [0.29, 0.717) is 52.1 Å². The summed E-state index contributed by atoms with van der Waals surface area (Å²) in [5.41, 5.74) is -0.763. The average Bonchev–Trinajstić information content (AvgIpc) is 3.16. The van der Waals surface area contributed by atoms with Gasteiger partial charge in [0.1, 0.15) is 5.78 Å². The quantitative estimate of drug-likeness (QED) is 0.620. The van der Waals surface area contributed by atoms with Crippen molar-refractivity contribution in [3.63, 3.8) is 0 Å². The molecular formula is C23H40O7. The van der Waals surface area contributed by atoms with Crippen molar-refractivity contribution in [1.82, 2.24) is 0 Å². The molecule has 0 atom stereocenters. The second kappa shape index (κ2) is 11.2. The Morgan fingerprint density at radius 1 is 0.800 bits per heavy atom. The predicted molar refractivity (Wildman–Crippen MR) is 113 cm³/mol. The minimum atomic E-state index is -0.413. The van der Waals surface area contributed by atoms with Crippen molar-refractivity contribution in [1.29, 1.82) is 0 Å². The molecule has 1 heterocycles. The fraction of sp³-hybridized carbons (Fsp3) is 0.870. The Hall–Kier alpha value is -1.47. The van der Waals surface area contributed by atoms with Crippen molar-refractivity contribution in [3.05, 3.63) is 0 Å². The van der Waals surface area contributed by atoms with E-state index in [1.165, 1.54) is 0 Å². The molecule has 1 aliphatic heterocycles. The van der Waals surface area contributed by atoms with E-state index < -0.39 is 11.2 Å². The molecular weight excluding hydrogens is 388 g/mol. The number of ketones is 1. The number of hydrogen-bond donors (Lipinski definition) is 0. The van der Waals surface area contributed by atoms with E-state index in [0.717, 1.165) is 25.7 Å². The van der Waals surface area contributed by atoms with Crippen LogP contribution in [-0.4, -0.2) is 49.9 Å². The Labute approximate surface area is 181 Å². The molecule has 3 rings (SSSR count). The Bertz CT molecular complexity index is 572. The molecule has 0 aromatic carbocycles. The summed E-state index contributed by atoms with van der Waals surface area (Å²) in [4.78, 5) is 34.3. The number of carbonyl (C=O) groups excluding carboxylic acids is 3. The molecule has 0 aromatic heterocycles. The number of rotatable bonds is 4. The number of Topliss-reactive ketones (excluding diaryl/α,β-unsaturated/α-hetero) is 1. The van der Waals surface area contributed by atoms with Gasteiger partial charge in [0.15, 0.2) is 5.79 Å². The van der Waals surface area contributed by atoms with Gasteiger partial charge in [-0.2, -0.15) is 0 Å². The largest absolute Gasteiger partial charge is 0.466 e. The van der Waals surface area contributed by atoms with Gasteiger partial charge in [-0.15, -0.1) is 0 Å². The van der Waals surface area contributed by atoms with E-state index in [1.807, 2.05) is 20.8 Å². The van der Waals surface area contributed by atoms with Gasteiger partial charge in [-0.3, -0.25) is 14.4 Å². The Balaban J connectivity index is 0.000000297. The first-order chi connectivity index (χ1) is 13.7. The number of carbonyl (C=O) groups is 3. The molecule has 2 saturated carbocycles. The second-order valence-electron chi connectivity index (χ2n) is 8.71. The van der Waals surface area contributed by atoms with Crippen LogP contribution in [0.2, 0.25) is 0 Å². The maximum atomic E-state index is 11.8. The van der Waals surface area contributed by atoms with Crippen LogP contribution in [0.3, 0.4) is 0 Å². The van der Waals surface area contributed by atoms with Gasteiger partial charge in [0, 0.05) is 25.7 Å². The first-order valence-corrected chi connectivity index (χ1v) is 10.8. The van der Waals surface area contributed by atoms with Crippen LogP contribution in [0, 0.1) is 10.8 Å². The van der Waals surface area contributed by atoms with Crippen LogP contribution in [0.1, 0.15) is 86.5 Å². The SMILES string of the molecule is C.CCOC(=O)C1(C)CCC(=O)CC1.CCOC(=O)C1(C)CCC2(CC1)OCCO2. The summed E-state index contributed by atoms with van der Waals surface area (Å²) < 4.78 is 21.4. The molecule has 0 N–H and O–H groups in total. The zero-order chi connectivity index (χ0) is 21.5. The van der Waals surface area contributed by atoms with Gasteiger partial charge in [-0.1, -0.05) is 7.43 Å². The summed E-state index contributed by atoms with van der Waals surface area (Å²) in [5, 5.41) is 0. The lowest BCUT2D eigenvalue weighted by Gasteiger charge is -2.39. The molecule has 0 aromatic rings.